The summed E-state index contributed by atoms with van der Waals surface area (Å²) in [6.07, 6.45) is -2.02. The number of carbonyl (C=O) groups excluding carboxylic acids is 1. The second kappa shape index (κ2) is 4.91. The summed E-state index contributed by atoms with van der Waals surface area (Å²) >= 11 is -0.972. The summed E-state index contributed by atoms with van der Waals surface area (Å²) < 4.78 is 6.71. The van der Waals surface area contributed by atoms with Gasteiger partial charge in [-0.2, -0.15) is 0 Å². The zero-order chi connectivity index (χ0) is 8.85. The van der Waals surface area contributed by atoms with Crippen molar-refractivity contribution in [2.75, 3.05) is 0 Å². The van der Waals surface area contributed by atoms with Gasteiger partial charge in [0.05, 0.1) is 0 Å². The maximum absolute atomic E-state index is 10.6. The zero-order valence-corrected chi connectivity index (χ0v) is 7.76. The van der Waals surface area contributed by atoms with Crippen LogP contribution in [0.15, 0.2) is 0 Å². The van der Waals surface area contributed by atoms with Gasteiger partial charge in [0.2, 0.25) is 0 Å². The van der Waals surface area contributed by atoms with Crippen LogP contribution < -0.4 is 21.0 Å². The average molecular weight is 279 g/mol. The van der Waals surface area contributed by atoms with Gasteiger partial charge < -0.3 is 0 Å². The van der Waals surface area contributed by atoms with E-state index in [1.165, 1.54) is 0 Å². The second-order valence-corrected chi connectivity index (χ2v) is 3.44. The molecular formula is C4H6IO4S-. The Balaban J connectivity index is 3.66. The number of halogens is 1. The van der Waals surface area contributed by atoms with Gasteiger partial charge in [0.1, 0.15) is 0 Å². The Kier molecular flexibility index (Phi) is 4.07. The van der Waals surface area contributed by atoms with E-state index in [1.54, 1.807) is 0 Å². The molecule has 0 aromatic heterocycles. The fraction of sp³-hybridized carbons (Fsp3) is 0.500. The minimum absolute atomic E-state index is 0.404. The first kappa shape index (κ1) is 8.28. The summed E-state index contributed by atoms with van der Waals surface area (Å²) in [6, 6.07) is 0. The Morgan fingerprint density at radius 1 is 1.80 bits per heavy atom. The number of hydrogen-bond donors (Lipinski definition) is 2. The molecule has 0 saturated heterocycles. The molecule has 0 bridgehead atoms. The molecule has 0 aliphatic carbocycles. The number of carboxylic acid groups (broad SMARTS) is 1. The first-order chi connectivity index (χ1) is 5.07. The van der Waals surface area contributed by atoms with Crippen LogP contribution in [0.5, 0.6) is 0 Å². The maximum atomic E-state index is 10.6. The van der Waals surface area contributed by atoms with E-state index in [9.17, 15) is 9.59 Å². The summed E-state index contributed by atoms with van der Waals surface area (Å²) in [5.74, 6) is -1.40. The number of carboxylic acids is 1. The van der Waals surface area contributed by atoms with E-state index in [-0.39, 0.29) is 0 Å². The molecule has 6 heteroatoms. The van der Waals surface area contributed by atoms with Gasteiger partial charge in [0, 0.05) is 0 Å². The van der Waals surface area contributed by atoms with Gasteiger partial charge in [-0.05, 0) is 0 Å². The number of carbonyl (C=O) groups is 2. The summed E-state index contributed by atoms with van der Waals surface area (Å²) in [5.41, 5.74) is 0. The monoisotopic (exact) mass is 279 g/mol. The normalized spacial score (nSPS) is 14.3. The van der Waals surface area contributed by atoms with Crippen molar-refractivity contribution in [3.8, 4) is 0 Å². The molecule has 2 N–H and O–H groups in total. The molecule has 0 fully saturated rings. The van der Waals surface area contributed by atoms with E-state index in [4.69, 9.17) is 10.8 Å². The summed E-state index contributed by atoms with van der Waals surface area (Å²) in [6.45, 7) is 0. The van der Waals surface area contributed by atoms with Gasteiger partial charge in [0.25, 0.3) is 0 Å². The fourth-order valence-electron chi connectivity index (χ4n) is 0.277. The van der Waals surface area contributed by atoms with Crippen LogP contribution in [0.4, 0.5) is 0 Å². The number of hydrogen-bond acceptors (Lipinski definition) is 4. The molecule has 1 atom stereocenters. The van der Waals surface area contributed by atoms with Crippen molar-refractivity contribution in [1.82, 2.24) is 0 Å². The molecule has 0 aliphatic rings. The molecule has 4 nitrogen and oxygen atoms in total. The molecule has 0 spiro atoms. The van der Waals surface area contributed by atoms with E-state index in [1.807, 2.05) is 0 Å². The van der Waals surface area contributed by atoms with E-state index >= 15 is 0 Å². The zero-order valence-electron chi connectivity index (χ0n) is 5.78. The van der Waals surface area contributed by atoms with Gasteiger partial charge in [-0.15, -0.1) is 0 Å². The number of rotatable bonds is 4. The van der Waals surface area contributed by atoms with Crippen LogP contribution in [0.1, 0.15) is 6.42 Å². The van der Waals surface area contributed by atoms with Crippen LogP contribution in [-0.2, 0) is 9.59 Å². The Bertz CT molecular complexity index is 164. The SMILES string of the molecule is [3H][I-]SC(=O)C[C@@H](O)C(=O)O. The van der Waals surface area contributed by atoms with Gasteiger partial charge in [0.15, 0.2) is 0 Å². The molecule has 60 valence electrons. The third kappa shape index (κ3) is 4.07. The number of aliphatic carboxylic acids is 1. The first-order valence-electron chi connectivity index (χ1n) is 2.68. The van der Waals surface area contributed by atoms with Gasteiger partial charge in [-0.25, -0.2) is 0 Å². The van der Waals surface area contributed by atoms with Crippen molar-refractivity contribution in [3.05, 3.63) is 0 Å². The van der Waals surface area contributed by atoms with Crippen molar-refractivity contribution >= 4 is 20.0 Å². The van der Waals surface area contributed by atoms with Gasteiger partial charge in [-0.3, -0.25) is 0 Å². The Morgan fingerprint density at radius 3 is 2.80 bits per heavy atom. The van der Waals surface area contributed by atoms with Gasteiger partial charge >= 0.3 is 73.9 Å². The third-order valence-corrected chi connectivity index (χ3v) is 2.54. The second-order valence-electron chi connectivity index (χ2n) is 1.51. The predicted molar refractivity (Wildman–Crippen MR) is 32.3 cm³/mol. The number of aliphatic hydroxyl groups is 1. The predicted octanol–water partition coefficient (Wildman–Crippen LogP) is -3.72. The Hall–Kier alpha value is 0.180. The molecule has 0 aliphatic heterocycles. The molecule has 0 aromatic rings. The molecule has 0 radical (unpaired) electrons. The molecule has 0 amide bonds. The van der Waals surface area contributed by atoms with Crippen molar-refractivity contribution in [1.29, 1.82) is 0.594 Å². The van der Waals surface area contributed by atoms with Crippen LogP contribution in [0.2, 0.25) is 0 Å². The Morgan fingerprint density at radius 2 is 2.40 bits per heavy atom. The third-order valence-electron chi connectivity index (χ3n) is 0.731. The van der Waals surface area contributed by atoms with E-state index in [0.717, 1.165) is 8.93 Å². The quantitative estimate of drug-likeness (QED) is 0.518. The van der Waals surface area contributed by atoms with Gasteiger partial charge in [-0.1, -0.05) is 0 Å². The topological polar surface area (TPSA) is 74.6 Å². The summed E-state index contributed by atoms with van der Waals surface area (Å²) in [4.78, 5) is 20.6. The minimum atomic E-state index is -1.62. The van der Waals surface area contributed by atoms with Crippen molar-refractivity contribution in [2.24, 2.45) is 0 Å². The number of aliphatic hydroxyl groups excluding tert-OH is 1. The van der Waals surface area contributed by atoms with Crippen LogP contribution in [0, 0.1) is 0 Å². The fourth-order valence-corrected chi connectivity index (χ4v) is 1.04. The van der Waals surface area contributed by atoms with Crippen LogP contribution in [-0.4, -0.2) is 28.0 Å². The van der Waals surface area contributed by atoms with Crippen molar-refractivity contribution in [3.63, 3.8) is 0 Å². The first-order valence-corrected chi connectivity index (χ1v) is 5.66. The summed E-state index contributed by atoms with van der Waals surface area (Å²) in [7, 11) is 0.791. The van der Waals surface area contributed by atoms with E-state index < -0.39 is 44.6 Å². The van der Waals surface area contributed by atoms with Crippen LogP contribution in [0.25, 0.3) is 0 Å². The van der Waals surface area contributed by atoms with E-state index in [0.29, 0.717) is 0 Å². The van der Waals surface area contributed by atoms with Crippen molar-refractivity contribution < 1.29 is 40.8 Å². The van der Waals surface area contributed by atoms with Crippen LogP contribution in [0.3, 0.4) is 0 Å². The Labute approximate surface area is 74.0 Å². The standard InChI is InChI=1S/C4H6IO4S/c5-10-3(7)1-2(6)4(8)9/h2,5-6H,1H2,(H,8,9)/q-1/t2-/m1/s1/i5T. The molecule has 10 heavy (non-hydrogen) atoms. The van der Waals surface area contributed by atoms with E-state index in [2.05, 4.69) is 0 Å². The molecule has 0 heterocycles. The average Bonchev–Trinajstić information content (AvgIpc) is 1.87. The van der Waals surface area contributed by atoms with Crippen LogP contribution >= 0.6 is 8.93 Å². The van der Waals surface area contributed by atoms with Crippen molar-refractivity contribution in [2.45, 2.75) is 12.5 Å². The molecule has 0 aromatic carbocycles. The molecule has 0 rings (SSSR count). The molecule has 0 saturated carbocycles. The molecular weight excluding hydrogens is 271 g/mol. The molecule has 0 unspecified atom stereocenters. The summed E-state index contributed by atoms with van der Waals surface area (Å²) in [5, 5.41) is 16.4.